The van der Waals surface area contributed by atoms with Crippen molar-refractivity contribution in [2.24, 2.45) is 0 Å². The fourth-order valence-electron chi connectivity index (χ4n) is 2.47. The van der Waals surface area contributed by atoms with E-state index in [-0.39, 0.29) is 0 Å². The van der Waals surface area contributed by atoms with Crippen molar-refractivity contribution in [3.63, 3.8) is 0 Å². The summed E-state index contributed by atoms with van der Waals surface area (Å²) in [6.07, 6.45) is 0. The minimum absolute atomic E-state index is 0.720. The second-order valence-corrected chi connectivity index (χ2v) is 6.86. The van der Waals surface area contributed by atoms with Crippen LogP contribution >= 0.6 is 27.7 Å². The van der Waals surface area contributed by atoms with Gasteiger partial charge in [-0.2, -0.15) is 0 Å². The fraction of sp³-hybridized carbons (Fsp3) is 0.0588. The van der Waals surface area contributed by atoms with Gasteiger partial charge in [0.2, 0.25) is 5.16 Å². The Bertz CT molecular complexity index is 921. The maximum Gasteiger partial charge on any atom is 0.214 e. The summed E-state index contributed by atoms with van der Waals surface area (Å²) in [6, 6.07) is 15.9. The number of halogens is 1. The van der Waals surface area contributed by atoms with Crippen LogP contribution in [0.1, 0.15) is 5.56 Å². The molecule has 120 valence electrons. The van der Waals surface area contributed by atoms with Gasteiger partial charge in [0.25, 0.3) is 0 Å². The van der Waals surface area contributed by atoms with Gasteiger partial charge in [-0.25, -0.2) is 4.68 Å². The van der Waals surface area contributed by atoms with E-state index in [1.165, 1.54) is 11.8 Å². The summed E-state index contributed by atoms with van der Waals surface area (Å²) in [4.78, 5) is 0. The van der Waals surface area contributed by atoms with Crippen LogP contribution in [0.4, 0.5) is 0 Å². The SMILES string of the molecule is COc1ccccc1-c1nnc2n1NC(c1ccc(Br)cc1)=CS2. The predicted molar refractivity (Wildman–Crippen MR) is 99.3 cm³/mol. The highest BCUT2D eigenvalue weighted by Crippen LogP contribution is 2.34. The smallest absolute Gasteiger partial charge is 0.214 e. The van der Waals surface area contributed by atoms with Crippen LogP contribution in [0.5, 0.6) is 5.75 Å². The third-order valence-electron chi connectivity index (χ3n) is 3.65. The second kappa shape index (κ2) is 6.33. The maximum atomic E-state index is 5.45. The molecule has 3 aromatic rings. The highest BCUT2D eigenvalue weighted by molar-refractivity contribution is 9.10. The average Bonchev–Trinajstić information content (AvgIpc) is 3.05. The van der Waals surface area contributed by atoms with Crippen LogP contribution in [-0.2, 0) is 0 Å². The van der Waals surface area contributed by atoms with Gasteiger partial charge in [-0.1, -0.05) is 52.0 Å². The molecule has 0 saturated carbocycles. The molecule has 0 atom stereocenters. The summed E-state index contributed by atoms with van der Waals surface area (Å²) >= 11 is 5.00. The molecular weight excluding hydrogens is 388 g/mol. The van der Waals surface area contributed by atoms with Crippen molar-refractivity contribution in [1.29, 1.82) is 0 Å². The highest BCUT2D eigenvalue weighted by atomic mass is 79.9. The number of nitrogens with zero attached hydrogens (tertiary/aromatic N) is 3. The largest absolute Gasteiger partial charge is 0.496 e. The Kier molecular flexibility index (Phi) is 4.03. The van der Waals surface area contributed by atoms with Crippen molar-refractivity contribution in [2.45, 2.75) is 5.16 Å². The molecule has 0 fully saturated rings. The number of fused-ring (bicyclic) bond motifs is 1. The molecule has 2 heterocycles. The van der Waals surface area contributed by atoms with Crippen LogP contribution in [0, 0.1) is 0 Å². The van der Waals surface area contributed by atoms with Crippen molar-refractivity contribution in [1.82, 2.24) is 14.9 Å². The van der Waals surface area contributed by atoms with Crippen molar-refractivity contribution < 1.29 is 4.74 Å². The summed E-state index contributed by atoms with van der Waals surface area (Å²) in [5, 5.41) is 11.4. The van der Waals surface area contributed by atoms with Crippen molar-refractivity contribution in [3.05, 3.63) is 64.0 Å². The van der Waals surface area contributed by atoms with Crippen molar-refractivity contribution >= 4 is 33.4 Å². The number of aromatic nitrogens is 3. The maximum absolute atomic E-state index is 5.45. The van der Waals surface area contributed by atoms with E-state index in [9.17, 15) is 0 Å². The van der Waals surface area contributed by atoms with Crippen LogP contribution < -0.4 is 10.2 Å². The van der Waals surface area contributed by atoms with Crippen LogP contribution in [-0.4, -0.2) is 22.0 Å². The molecule has 0 spiro atoms. The third kappa shape index (κ3) is 2.70. The first-order valence-electron chi connectivity index (χ1n) is 7.25. The number of hydrogen-bond donors (Lipinski definition) is 1. The Balaban J connectivity index is 1.73. The topological polar surface area (TPSA) is 52.0 Å². The molecule has 0 aliphatic carbocycles. The van der Waals surface area contributed by atoms with E-state index in [1.54, 1.807) is 7.11 Å². The number of methoxy groups -OCH3 is 1. The number of benzene rings is 2. The van der Waals surface area contributed by atoms with Gasteiger partial charge in [-0.3, -0.25) is 5.43 Å². The normalized spacial score (nSPS) is 13.0. The molecule has 2 aromatic carbocycles. The van der Waals surface area contributed by atoms with E-state index in [0.29, 0.717) is 0 Å². The molecule has 0 radical (unpaired) electrons. The number of rotatable bonds is 3. The van der Waals surface area contributed by atoms with Crippen LogP contribution in [0.3, 0.4) is 0 Å². The second-order valence-electron chi connectivity index (χ2n) is 5.11. The Morgan fingerprint density at radius 3 is 2.67 bits per heavy atom. The molecule has 0 bridgehead atoms. The lowest BCUT2D eigenvalue weighted by Crippen LogP contribution is -2.18. The first kappa shape index (κ1) is 15.3. The third-order valence-corrected chi connectivity index (χ3v) is 5.01. The summed E-state index contributed by atoms with van der Waals surface area (Å²) in [7, 11) is 1.65. The first-order valence-corrected chi connectivity index (χ1v) is 8.92. The summed E-state index contributed by atoms with van der Waals surface area (Å²) in [5.74, 6) is 1.48. The van der Waals surface area contributed by atoms with Crippen LogP contribution in [0.15, 0.2) is 63.6 Å². The van der Waals surface area contributed by atoms with Crippen LogP contribution in [0.2, 0.25) is 0 Å². The van der Waals surface area contributed by atoms with E-state index in [1.807, 2.05) is 46.5 Å². The molecule has 1 aliphatic heterocycles. The molecular formula is C17H13BrN4OS. The zero-order chi connectivity index (χ0) is 16.5. The van der Waals surface area contributed by atoms with Crippen LogP contribution in [0.25, 0.3) is 17.1 Å². The number of hydrogen-bond acceptors (Lipinski definition) is 5. The zero-order valence-electron chi connectivity index (χ0n) is 12.7. The summed E-state index contributed by atoms with van der Waals surface area (Å²) in [6.45, 7) is 0. The van der Waals surface area contributed by atoms with Gasteiger partial charge in [0.15, 0.2) is 5.82 Å². The number of nitrogens with one attached hydrogen (secondary N) is 1. The lowest BCUT2D eigenvalue weighted by atomic mass is 10.2. The van der Waals surface area contributed by atoms with Gasteiger partial charge in [-0.15, -0.1) is 10.2 Å². The van der Waals surface area contributed by atoms with E-state index in [2.05, 4.69) is 43.7 Å². The van der Waals surface area contributed by atoms with E-state index in [0.717, 1.165) is 38.0 Å². The van der Waals surface area contributed by atoms with E-state index < -0.39 is 0 Å². The zero-order valence-corrected chi connectivity index (χ0v) is 15.1. The van der Waals surface area contributed by atoms with E-state index >= 15 is 0 Å². The molecule has 1 aliphatic rings. The number of ether oxygens (including phenoxy) is 1. The van der Waals surface area contributed by atoms with Gasteiger partial charge in [0.05, 0.1) is 18.4 Å². The Morgan fingerprint density at radius 2 is 1.88 bits per heavy atom. The summed E-state index contributed by atoms with van der Waals surface area (Å²) in [5.41, 5.74) is 6.37. The molecule has 1 aromatic heterocycles. The Labute approximate surface area is 151 Å². The molecule has 4 rings (SSSR count). The Morgan fingerprint density at radius 1 is 1.08 bits per heavy atom. The van der Waals surface area contributed by atoms with Crippen molar-refractivity contribution in [3.8, 4) is 17.1 Å². The number of thioether (sulfide) groups is 1. The molecule has 0 amide bonds. The van der Waals surface area contributed by atoms with Gasteiger partial charge in [-0.05, 0) is 24.3 Å². The van der Waals surface area contributed by atoms with E-state index in [4.69, 9.17) is 4.74 Å². The molecule has 1 N–H and O–H groups in total. The predicted octanol–water partition coefficient (Wildman–Crippen LogP) is 4.36. The van der Waals surface area contributed by atoms with Crippen molar-refractivity contribution in [2.75, 3.05) is 12.5 Å². The standard InChI is InChI=1S/C17H13BrN4OS/c1-23-15-5-3-2-4-13(15)16-19-20-17-22(16)21-14(10-24-17)11-6-8-12(18)9-7-11/h2-10,21H,1H3. The molecule has 0 unspecified atom stereocenters. The lowest BCUT2D eigenvalue weighted by Gasteiger charge is -2.19. The molecule has 5 nitrogen and oxygen atoms in total. The monoisotopic (exact) mass is 400 g/mol. The van der Waals surface area contributed by atoms with Gasteiger partial charge in [0.1, 0.15) is 5.75 Å². The fourth-order valence-corrected chi connectivity index (χ4v) is 3.47. The first-order chi connectivity index (χ1) is 11.8. The lowest BCUT2D eigenvalue weighted by molar-refractivity contribution is 0.416. The number of para-hydroxylation sites is 1. The molecule has 0 saturated heterocycles. The quantitative estimate of drug-likeness (QED) is 0.707. The minimum Gasteiger partial charge on any atom is -0.496 e. The van der Waals surface area contributed by atoms with Gasteiger partial charge < -0.3 is 4.74 Å². The van der Waals surface area contributed by atoms with Gasteiger partial charge in [0, 0.05) is 15.4 Å². The summed E-state index contributed by atoms with van der Waals surface area (Å²) < 4.78 is 8.39. The minimum atomic E-state index is 0.720. The average molecular weight is 401 g/mol. The highest BCUT2D eigenvalue weighted by Gasteiger charge is 2.21. The molecule has 7 heteroatoms. The Hall–Kier alpha value is -2.25. The van der Waals surface area contributed by atoms with Gasteiger partial charge >= 0.3 is 0 Å². The molecule has 24 heavy (non-hydrogen) atoms.